The number of carboxylic acid groups (broad SMARTS) is 1. The quantitative estimate of drug-likeness (QED) is 0.0259. The lowest BCUT2D eigenvalue weighted by molar-refractivity contribution is -0.889. The molecule has 2 unspecified atom stereocenters. The van der Waals surface area contributed by atoms with Crippen LogP contribution in [-0.2, 0) is 28.6 Å². The predicted molar refractivity (Wildman–Crippen MR) is 268 cm³/mol. The molecule has 0 radical (unpaired) electrons. The van der Waals surface area contributed by atoms with Crippen molar-refractivity contribution < 1.29 is 38.2 Å². The summed E-state index contributed by atoms with van der Waals surface area (Å²) in [6.07, 6.45) is 59.3. The van der Waals surface area contributed by atoms with E-state index in [4.69, 9.17) is 14.2 Å². The number of aliphatic carboxylic acids is 1. The molecule has 0 N–H and O–H groups in total. The number of unbranched alkanes of at least 4 members (excludes halogenated alkanes) is 20. The van der Waals surface area contributed by atoms with Gasteiger partial charge in [0, 0.05) is 19.3 Å². The van der Waals surface area contributed by atoms with E-state index in [1.807, 2.05) is 0 Å². The topological polar surface area (TPSA) is 102 Å². The standard InChI is InChI=1S/C56H97NO7/c1-6-8-10-12-14-16-18-20-22-24-25-26-27-28-29-31-33-35-37-39-41-43-45-47-55(59)64-52(50-62-49-48-53(56(60)61)57(3,4)5)51-63-54(58)46-44-42-40-38-36-34-32-30-23-21-19-17-15-13-11-9-7-2/h8,10,14-17,20-23,25-26,52-53H,6-7,9,11-13,18-19,24,27-51H2,1-5H3/b10-8-,16-14-,17-15-,22-20-,23-21-,26-25-. The fourth-order valence-electron chi connectivity index (χ4n) is 7.33. The predicted octanol–water partition coefficient (Wildman–Crippen LogP) is 13.8. The summed E-state index contributed by atoms with van der Waals surface area (Å²) in [6.45, 7) is 4.52. The SMILES string of the molecule is CC/C=C\C/C=C\C/C=C\C/C=C\CCCCCCCCCCCCC(=O)OC(COCCC(C(=O)[O-])[N+](C)(C)C)COC(=O)CCCCCCCCC/C=C\C/C=C\CCCCC. The molecule has 0 aliphatic rings. The molecule has 0 aliphatic heterocycles. The van der Waals surface area contributed by atoms with Crippen LogP contribution >= 0.6 is 0 Å². The van der Waals surface area contributed by atoms with Crippen LogP contribution in [0.3, 0.4) is 0 Å². The zero-order chi connectivity index (χ0) is 47.0. The van der Waals surface area contributed by atoms with Crippen LogP contribution in [0.4, 0.5) is 0 Å². The van der Waals surface area contributed by atoms with Gasteiger partial charge in [0.2, 0.25) is 0 Å². The minimum absolute atomic E-state index is 0.0341. The number of nitrogens with zero attached hydrogens (tertiary/aromatic N) is 1. The van der Waals surface area contributed by atoms with Gasteiger partial charge in [-0.2, -0.15) is 0 Å². The monoisotopic (exact) mass is 896 g/mol. The molecule has 0 bridgehead atoms. The second-order valence-electron chi connectivity index (χ2n) is 18.4. The van der Waals surface area contributed by atoms with Gasteiger partial charge in [-0.25, -0.2) is 0 Å². The first-order valence-corrected chi connectivity index (χ1v) is 26.0. The number of esters is 2. The minimum atomic E-state index is -1.13. The maximum absolute atomic E-state index is 12.8. The fraction of sp³-hybridized carbons (Fsp3) is 0.732. The average Bonchev–Trinajstić information content (AvgIpc) is 3.26. The highest BCUT2D eigenvalue weighted by atomic mass is 16.6. The van der Waals surface area contributed by atoms with Gasteiger partial charge in [-0.3, -0.25) is 9.59 Å². The maximum Gasteiger partial charge on any atom is 0.306 e. The lowest BCUT2D eigenvalue weighted by atomic mass is 10.0. The number of carbonyl (C=O) groups is 3. The number of rotatable bonds is 46. The van der Waals surface area contributed by atoms with Crippen LogP contribution in [-0.4, -0.2) is 75.5 Å². The molecule has 0 aromatic carbocycles. The molecule has 0 spiro atoms. The second kappa shape index (κ2) is 46.3. The minimum Gasteiger partial charge on any atom is -0.544 e. The summed E-state index contributed by atoms with van der Waals surface area (Å²) in [5, 5.41) is 11.7. The van der Waals surface area contributed by atoms with Gasteiger partial charge in [0.1, 0.15) is 12.6 Å². The van der Waals surface area contributed by atoms with Crippen LogP contribution in [0.5, 0.6) is 0 Å². The van der Waals surface area contributed by atoms with Gasteiger partial charge in [-0.1, -0.05) is 183 Å². The highest BCUT2D eigenvalue weighted by Gasteiger charge is 2.25. The summed E-state index contributed by atoms with van der Waals surface area (Å²) in [5.41, 5.74) is 0. The smallest absolute Gasteiger partial charge is 0.306 e. The van der Waals surface area contributed by atoms with Gasteiger partial charge in [0.15, 0.2) is 6.10 Å². The first-order valence-electron chi connectivity index (χ1n) is 26.0. The molecule has 0 saturated heterocycles. The molecule has 0 saturated carbocycles. The molecule has 0 fully saturated rings. The molecule has 8 heteroatoms. The Morgan fingerprint density at radius 3 is 1.30 bits per heavy atom. The van der Waals surface area contributed by atoms with Gasteiger partial charge in [-0.05, 0) is 83.5 Å². The maximum atomic E-state index is 12.8. The first kappa shape index (κ1) is 60.8. The Bertz CT molecular complexity index is 1270. The van der Waals surface area contributed by atoms with Crippen molar-refractivity contribution in [3.8, 4) is 0 Å². The summed E-state index contributed by atoms with van der Waals surface area (Å²) in [4.78, 5) is 37.1. The number of allylic oxidation sites excluding steroid dienone is 12. The number of quaternary nitrogens is 1. The van der Waals surface area contributed by atoms with E-state index in [1.54, 1.807) is 21.1 Å². The number of ether oxygens (including phenoxy) is 3. The first-order chi connectivity index (χ1) is 31.1. The third kappa shape index (κ3) is 44.0. The van der Waals surface area contributed by atoms with Crippen LogP contribution in [0.15, 0.2) is 72.9 Å². The fourth-order valence-corrected chi connectivity index (χ4v) is 7.33. The highest BCUT2D eigenvalue weighted by Crippen LogP contribution is 2.15. The van der Waals surface area contributed by atoms with Crippen molar-refractivity contribution in [2.45, 2.75) is 225 Å². The summed E-state index contributed by atoms with van der Waals surface area (Å²) < 4.78 is 17.2. The van der Waals surface area contributed by atoms with Crippen LogP contribution < -0.4 is 5.11 Å². The molecule has 64 heavy (non-hydrogen) atoms. The van der Waals surface area contributed by atoms with Crippen LogP contribution in [0.1, 0.15) is 213 Å². The van der Waals surface area contributed by atoms with Crippen molar-refractivity contribution in [2.75, 3.05) is 41.0 Å². The van der Waals surface area contributed by atoms with Crippen LogP contribution in [0.2, 0.25) is 0 Å². The Labute approximate surface area is 393 Å². The Morgan fingerprint density at radius 2 is 0.875 bits per heavy atom. The summed E-state index contributed by atoms with van der Waals surface area (Å²) in [6, 6.07) is -0.731. The van der Waals surface area contributed by atoms with Crippen LogP contribution in [0.25, 0.3) is 0 Å². The molecule has 368 valence electrons. The van der Waals surface area contributed by atoms with Gasteiger partial charge in [-0.15, -0.1) is 0 Å². The van der Waals surface area contributed by atoms with Crippen molar-refractivity contribution in [1.82, 2.24) is 0 Å². The van der Waals surface area contributed by atoms with E-state index in [-0.39, 0.29) is 42.7 Å². The molecule has 0 amide bonds. The second-order valence-corrected chi connectivity index (χ2v) is 18.4. The Balaban J connectivity index is 4.25. The highest BCUT2D eigenvalue weighted by molar-refractivity contribution is 5.70. The summed E-state index contributed by atoms with van der Waals surface area (Å²) in [5.74, 6) is -1.75. The Kier molecular flexibility index (Phi) is 44.0. The molecule has 0 rings (SSSR count). The molecule has 0 heterocycles. The van der Waals surface area contributed by atoms with Crippen molar-refractivity contribution in [2.24, 2.45) is 0 Å². The van der Waals surface area contributed by atoms with E-state index in [9.17, 15) is 19.5 Å². The summed E-state index contributed by atoms with van der Waals surface area (Å²) in [7, 11) is 5.41. The average molecular weight is 896 g/mol. The molecule has 8 nitrogen and oxygen atoms in total. The zero-order valence-corrected chi connectivity index (χ0v) is 41.9. The van der Waals surface area contributed by atoms with Gasteiger partial charge < -0.3 is 28.6 Å². The van der Waals surface area contributed by atoms with E-state index >= 15 is 0 Å². The zero-order valence-electron chi connectivity index (χ0n) is 41.9. The van der Waals surface area contributed by atoms with Crippen molar-refractivity contribution in [1.29, 1.82) is 0 Å². The van der Waals surface area contributed by atoms with Gasteiger partial charge in [0.25, 0.3) is 0 Å². The molecular formula is C56H97NO7. The largest absolute Gasteiger partial charge is 0.544 e. The van der Waals surface area contributed by atoms with Crippen LogP contribution in [0, 0.1) is 0 Å². The third-order valence-electron chi connectivity index (χ3n) is 11.3. The van der Waals surface area contributed by atoms with Crippen molar-refractivity contribution >= 4 is 17.9 Å². The number of likely N-dealkylation sites (N-methyl/N-ethyl adjacent to an activating group) is 1. The molecular weight excluding hydrogens is 799 g/mol. The Hall–Kier alpha value is -3.23. The molecule has 0 aromatic rings. The molecule has 2 atom stereocenters. The number of carboxylic acids is 1. The lowest BCUT2D eigenvalue weighted by Gasteiger charge is -2.34. The summed E-state index contributed by atoms with van der Waals surface area (Å²) >= 11 is 0. The van der Waals surface area contributed by atoms with E-state index in [0.717, 1.165) is 83.5 Å². The van der Waals surface area contributed by atoms with Gasteiger partial charge >= 0.3 is 11.9 Å². The Morgan fingerprint density at radius 1 is 0.484 bits per heavy atom. The van der Waals surface area contributed by atoms with Crippen molar-refractivity contribution in [3.63, 3.8) is 0 Å². The lowest BCUT2D eigenvalue weighted by Crippen LogP contribution is -2.55. The van der Waals surface area contributed by atoms with Crippen molar-refractivity contribution in [3.05, 3.63) is 72.9 Å². The molecule has 0 aromatic heterocycles. The number of hydrogen-bond acceptors (Lipinski definition) is 7. The van der Waals surface area contributed by atoms with E-state index in [0.29, 0.717) is 12.8 Å². The van der Waals surface area contributed by atoms with E-state index < -0.39 is 18.1 Å². The number of carbonyl (C=O) groups excluding carboxylic acids is 3. The van der Waals surface area contributed by atoms with Gasteiger partial charge in [0.05, 0.1) is 40.3 Å². The van der Waals surface area contributed by atoms with E-state index in [2.05, 4.69) is 86.8 Å². The van der Waals surface area contributed by atoms with E-state index in [1.165, 1.54) is 96.3 Å². The number of hydrogen-bond donors (Lipinski definition) is 0. The normalized spacial score (nSPS) is 13.5. The molecule has 0 aliphatic carbocycles. The third-order valence-corrected chi connectivity index (χ3v) is 11.3.